The molecule has 1 aromatic rings. The van der Waals surface area contributed by atoms with E-state index in [0.717, 1.165) is 24.6 Å². The van der Waals surface area contributed by atoms with E-state index in [4.69, 9.17) is 9.47 Å². The Bertz CT molecular complexity index is 424. The van der Waals surface area contributed by atoms with Gasteiger partial charge in [-0.3, -0.25) is 9.98 Å². The number of hydrogen-bond acceptors (Lipinski definition) is 4. The van der Waals surface area contributed by atoms with Crippen molar-refractivity contribution in [1.29, 1.82) is 0 Å². The largest absolute Gasteiger partial charge is 0.382 e. The number of aromatic nitrogens is 1. The maximum absolute atomic E-state index is 5.40. The average molecular weight is 294 g/mol. The second-order valence-corrected chi connectivity index (χ2v) is 4.58. The molecule has 0 fully saturated rings. The summed E-state index contributed by atoms with van der Waals surface area (Å²) in [5.74, 6) is 0.775. The van der Waals surface area contributed by atoms with Crippen molar-refractivity contribution in [3.8, 4) is 0 Å². The second kappa shape index (κ2) is 11.0. The molecule has 0 unspecified atom stereocenters. The first-order chi connectivity index (χ1) is 10.3. The van der Waals surface area contributed by atoms with Gasteiger partial charge in [-0.1, -0.05) is 6.07 Å². The van der Waals surface area contributed by atoms with Crippen LogP contribution in [0.2, 0.25) is 0 Å². The molecule has 0 saturated heterocycles. The molecule has 0 atom stereocenters. The normalized spacial score (nSPS) is 11.5. The third-order valence-electron chi connectivity index (χ3n) is 2.95. The van der Waals surface area contributed by atoms with Crippen molar-refractivity contribution in [3.63, 3.8) is 0 Å². The first-order valence-corrected chi connectivity index (χ1v) is 7.19. The predicted octanol–water partition coefficient (Wildman–Crippen LogP) is 1.11. The fourth-order valence-corrected chi connectivity index (χ4v) is 1.72. The number of guanidine groups is 1. The topological polar surface area (TPSA) is 67.8 Å². The van der Waals surface area contributed by atoms with Gasteiger partial charge in [0.2, 0.25) is 0 Å². The van der Waals surface area contributed by atoms with E-state index in [9.17, 15) is 0 Å². The Balaban J connectivity index is 2.16. The van der Waals surface area contributed by atoms with E-state index in [1.165, 1.54) is 5.56 Å². The zero-order chi connectivity index (χ0) is 15.3. The van der Waals surface area contributed by atoms with Gasteiger partial charge in [0.05, 0.1) is 25.5 Å². The number of hydrogen-bond donors (Lipinski definition) is 2. The standard InChI is InChI=1S/C15H26N4O2/c1-13-6-4-7-17-14(13)12-19-15(16-2)18-8-5-9-21-11-10-20-3/h4,6-7H,5,8-12H2,1-3H3,(H2,16,18,19). The number of aryl methyl sites for hydroxylation is 1. The summed E-state index contributed by atoms with van der Waals surface area (Å²) in [4.78, 5) is 8.53. The Morgan fingerprint density at radius 2 is 2.14 bits per heavy atom. The molecular weight excluding hydrogens is 268 g/mol. The first kappa shape index (κ1) is 17.4. The number of pyridine rings is 1. The van der Waals surface area contributed by atoms with Gasteiger partial charge in [0, 0.05) is 33.5 Å². The highest BCUT2D eigenvalue weighted by molar-refractivity contribution is 5.79. The zero-order valence-electron chi connectivity index (χ0n) is 13.2. The minimum absolute atomic E-state index is 0.639. The minimum Gasteiger partial charge on any atom is -0.382 e. The predicted molar refractivity (Wildman–Crippen MR) is 84.5 cm³/mol. The summed E-state index contributed by atoms with van der Waals surface area (Å²) in [7, 11) is 3.43. The minimum atomic E-state index is 0.639. The van der Waals surface area contributed by atoms with Gasteiger partial charge in [0.25, 0.3) is 0 Å². The van der Waals surface area contributed by atoms with Gasteiger partial charge in [-0.2, -0.15) is 0 Å². The summed E-state index contributed by atoms with van der Waals surface area (Å²) in [6.07, 6.45) is 2.73. The fraction of sp³-hybridized carbons (Fsp3) is 0.600. The van der Waals surface area contributed by atoms with Crippen LogP contribution in [0.15, 0.2) is 23.3 Å². The third kappa shape index (κ3) is 7.63. The van der Waals surface area contributed by atoms with Crippen LogP contribution in [0, 0.1) is 6.92 Å². The van der Waals surface area contributed by atoms with Gasteiger partial charge in [-0.05, 0) is 25.0 Å². The number of ether oxygens (including phenoxy) is 2. The lowest BCUT2D eigenvalue weighted by atomic mass is 10.2. The molecule has 0 saturated carbocycles. The van der Waals surface area contributed by atoms with E-state index < -0.39 is 0 Å². The molecule has 0 amide bonds. The Morgan fingerprint density at radius 1 is 1.29 bits per heavy atom. The van der Waals surface area contributed by atoms with E-state index in [1.807, 2.05) is 6.07 Å². The van der Waals surface area contributed by atoms with Crippen molar-refractivity contribution in [2.24, 2.45) is 4.99 Å². The van der Waals surface area contributed by atoms with Crippen molar-refractivity contribution in [1.82, 2.24) is 15.6 Å². The van der Waals surface area contributed by atoms with Crippen molar-refractivity contribution in [3.05, 3.63) is 29.6 Å². The van der Waals surface area contributed by atoms with E-state index in [2.05, 4.69) is 33.6 Å². The van der Waals surface area contributed by atoms with E-state index in [-0.39, 0.29) is 0 Å². The highest BCUT2D eigenvalue weighted by atomic mass is 16.5. The molecule has 2 N–H and O–H groups in total. The molecule has 0 spiro atoms. The van der Waals surface area contributed by atoms with Gasteiger partial charge in [0.1, 0.15) is 0 Å². The zero-order valence-corrected chi connectivity index (χ0v) is 13.2. The molecule has 0 radical (unpaired) electrons. The van der Waals surface area contributed by atoms with Crippen LogP contribution >= 0.6 is 0 Å². The fourth-order valence-electron chi connectivity index (χ4n) is 1.72. The monoisotopic (exact) mass is 294 g/mol. The molecule has 1 aromatic heterocycles. The summed E-state index contributed by atoms with van der Waals surface area (Å²) in [5.41, 5.74) is 2.20. The number of aliphatic imine (C=N–C) groups is 1. The van der Waals surface area contributed by atoms with Crippen molar-refractivity contribution >= 4 is 5.96 Å². The van der Waals surface area contributed by atoms with E-state index >= 15 is 0 Å². The van der Waals surface area contributed by atoms with Crippen LogP contribution < -0.4 is 10.6 Å². The Morgan fingerprint density at radius 3 is 2.86 bits per heavy atom. The molecular formula is C15H26N4O2. The Kier molecular flexibility index (Phi) is 9.15. The molecule has 1 heterocycles. The highest BCUT2D eigenvalue weighted by Gasteiger charge is 2.01. The van der Waals surface area contributed by atoms with Crippen molar-refractivity contribution in [2.75, 3.05) is 40.5 Å². The lowest BCUT2D eigenvalue weighted by Gasteiger charge is -2.12. The van der Waals surface area contributed by atoms with E-state index in [1.54, 1.807) is 20.4 Å². The summed E-state index contributed by atoms with van der Waals surface area (Å²) >= 11 is 0. The molecule has 0 aliphatic rings. The number of nitrogens with zero attached hydrogens (tertiary/aromatic N) is 2. The van der Waals surface area contributed by atoms with Crippen molar-refractivity contribution < 1.29 is 9.47 Å². The van der Waals surface area contributed by atoms with Crippen LogP contribution in [0.25, 0.3) is 0 Å². The SMILES string of the molecule is CN=C(NCCCOCCOC)NCc1ncccc1C. The molecule has 0 aliphatic heterocycles. The highest BCUT2D eigenvalue weighted by Crippen LogP contribution is 2.01. The smallest absolute Gasteiger partial charge is 0.191 e. The summed E-state index contributed by atoms with van der Waals surface area (Å²) in [6.45, 7) is 5.53. The van der Waals surface area contributed by atoms with Crippen LogP contribution in [0.3, 0.4) is 0 Å². The maximum atomic E-state index is 5.40. The summed E-state index contributed by atoms with van der Waals surface area (Å²) in [6, 6.07) is 3.99. The molecule has 1 rings (SSSR count). The van der Waals surface area contributed by atoms with Gasteiger partial charge in [0.15, 0.2) is 5.96 Å². The van der Waals surface area contributed by atoms with Gasteiger partial charge < -0.3 is 20.1 Å². The molecule has 118 valence electrons. The van der Waals surface area contributed by atoms with Crippen LogP contribution in [-0.2, 0) is 16.0 Å². The number of nitrogens with one attached hydrogen (secondary N) is 2. The molecule has 6 heteroatoms. The Labute approximate surface area is 127 Å². The molecule has 0 aliphatic carbocycles. The summed E-state index contributed by atoms with van der Waals surface area (Å²) < 4.78 is 10.3. The van der Waals surface area contributed by atoms with Crippen molar-refractivity contribution in [2.45, 2.75) is 19.9 Å². The maximum Gasteiger partial charge on any atom is 0.191 e. The lowest BCUT2D eigenvalue weighted by Crippen LogP contribution is -2.37. The quantitative estimate of drug-likeness (QED) is 0.406. The van der Waals surface area contributed by atoms with Crippen LogP contribution in [0.5, 0.6) is 0 Å². The second-order valence-electron chi connectivity index (χ2n) is 4.58. The van der Waals surface area contributed by atoms with Gasteiger partial charge in [-0.15, -0.1) is 0 Å². The van der Waals surface area contributed by atoms with E-state index in [0.29, 0.717) is 26.4 Å². The molecule has 0 aromatic carbocycles. The van der Waals surface area contributed by atoms with Gasteiger partial charge >= 0.3 is 0 Å². The van der Waals surface area contributed by atoms with Crippen LogP contribution in [0.4, 0.5) is 0 Å². The lowest BCUT2D eigenvalue weighted by molar-refractivity contribution is 0.0698. The molecule has 6 nitrogen and oxygen atoms in total. The number of rotatable bonds is 9. The van der Waals surface area contributed by atoms with Crippen LogP contribution in [0.1, 0.15) is 17.7 Å². The van der Waals surface area contributed by atoms with Crippen LogP contribution in [-0.4, -0.2) is 51.5 Å². The molecule has 21 heavy (non-hydrogen) atoms. The summed E-state index contributed by atoms with van der Waals surface area (Å²) in [5, 5.41) is 6.50. The third-order valence-corrected chi connectivity index (χ3v) is 2.95. The van der Waals surface area contributed by atoms with Gasteiger partial charge in [-0.25, -0.2) is 0 Å². The Hall–Kier alpha value is -1.66. The molecule has 0 bridgehead atoms. The average Bonchev–Trinajstić information content (AvgIpc) is 2.51. The number of methoxy groups -OCH3 is 1. The first-order valence-electron chi connectivity index (χ1n) is 7.19.